The first-order valence-corrected chi connectivity index (χ1v) is 4.83. The summed E-state index contributed by atoms with van der Waals surface area (Å²) in [7, 11) is 0. The standard InChI is InChI=1S/C10H3ClF6O2/c11-8(19)6-2-5(9(12,13)14)1-4(3-18)7(6)10(15,16)17/h1-3H. The van der Waals surface area contributed by atoms with Gasteiger partial charge in [-0.1, -0.05) is 0 Å². The first kappa shape index (κ1) is 15.5. The van der Waals surface area contributed by atoms with Crippen LogP contribution >= 0.6 is 11.6 Å². The van der Waals surface area contributed by atoms with Gasteiger partial charge in [0.25, 0.3) is 5.24 Å². The number of carbonyl (C=O) groups excluding carboxylic acids is 2. The lowest BCUT2D eigenvalue weighted by Gasteiger charge is -2.16. The molecule has 0 aliphatic carbocycles. The number of hydrogen-bond donors (Lipinski definition) is 0. The zero-order chi connectivity index (χ0) is 15.0. The Morgan fingerprint density at radius 2 is 1.58 bits per heavy atom. The second kappa shape index (κ2) is 4.84. The van der Waals surface area contributed by atoms with Gasteiger partial charge < -0.3 is 0 Å². The molecule has 0 saturated heterocycles. The van der Waals surface area contributed by atoms with Gasteiger partial charge in [-0.2, -0.15) is 26.3 Å². The SMILES string of the molecule is O=Cc1cc(C(F)(F)F)cc(C(=O)Cl)c1C(F)(F)F. The van der Waals surface area contributed by atoms with Crippen molar-refractivity contribution < 1.29 is 35.9 Å². The highest BCUT2D eigenvalue weighted by molar-refractivity contribution is 6.68. The van der Waals surface area contributed by atoms with Crippen molar-refractivity contribution in [2.24, 2.45) is 0 Å². The van der Waals surface area contributed by atoms with Gasteiger partial charge in [0.1, 0.15) is 0 Å². The number of rotatable bonds is 2. The van der Waals surface area contributed by atoms with E-state index in [0.717, 1.165) is 0 Å². The molecule has 0 radical (unpaired) electrons. The molecule has 0 saturated carbocycles. The monoisotopic (exact) mass is 304 g/mol. The Balaban J connectivity index is 3.74. The average molecular weight is 305 g/mol. The molecule has 0 heterocycles. The van der Waals surface area contributed by atoms with E-state index in [1.807, 2.05) is 0 Å². The van der Waals surface area contributed by atoms with E-state index in [9.17, 15) is 35.9 Å². The molecule has 9 heteroatoms. The number of alkyl halides is 6. The minimum Gasteiger partial charge on any atom is -0.298 e. The highest BCUT2D eigenvalue weighted by Crippen LogP contribution is 2.39. The quantitative estimate of drug-likeness (QED) is 0.471. The van der Waals surface area contributed by atoms with Crippen molar-refractivity contribution in [3.8, 4) is 0 Å². The molecule has 0 unspecified atom stereocenters. The molecule has 0 aliphatic heterocycles. The summed E-state index contributed by atoms with van der Waals surface area (Å²) >= 11 is 4.84. The van der Waals surface area contributed by atoms with Gasteiger partial charge in [-0.3, -0.25) is 9.59 Å². The van der Waals surface area contributed by atoms with Crippen molar-refractivity contribution in [2.45, 2.75) is 12.4 Å². The summed E-state index contributed by atoms with van der Waals surface area (Å²) in [6.45, 7) is 0. The van der Waals surface area contributed by atoms with Crippen molar-refractivity contribution >= 4 is 23.1 Å². The summed E-state index contributed by atoms with van der Waals surface area (Å²) in [5, 5.41) is -1.73. The fraction of sp³-hybridized carbons (Fsp3) is 0.200. The normalized spacial score (nSPS) is 12.4. The molecule has 104 valence electrons. The van der Waals surface area contributed by atoms with E-state index in [1.54, 1.807) is 0 Å². The summed E-state index contributed by atoms with van der Waals surface area (Å²) in [5.41, 5.74) is -6.06. The second-order valence-electron chi connectivity index (χ2n) is 3.38. The Bertz CT molecular complexity index is 532. The first-order valence-electron chi connectivity index (χ1n) is 4.46. The van der Waals surface area contributed by atoms with Crippen LogP contribution in [0.4, 0.5) is 26.3 Å². The maximum Gasteiger partial charge on any atom is 0.417 e. The largest absolute Gasteiger partial charge is 0.417 e. The van der Waals surface area contributed by atoms with Crippen LogP contribution in [0.5, 0.6) is 0 Å². The molecule has 0 fully saturated rings. The van der Waals surface area contributed by atoms with Crippen LogP contribution in [0.15, 0.2) is 12.1 Å². The van der Waals surface area contributed by atoms with Gasteiger partial charge in [-0.05, 0) is 23.7 Å². The number of halogens is 7. The van der Waals surface area contributed by atoms with E-state index in [4.69, 9.17) is 11.6 Å². The molecule has 0 aromatic heterocycles. The summed E-state index contributed by atoms with van der Waals surface area (Å²) in [6.07, 6.45) is -10.6. The summed E-state index contributed by atoms with van der Waals surface area (Å²) < 4.78 is 75.2. The molecule has 1 aromatic carbocycles. The lowest BCUT2D eigenvalue weighted by atomic mass is 9.98. The molecule has 0 amide bonds. The summed E-state index contributed by atoms with van der Waals surface area (Å²) in [4.78, 5) is 21.3. The Morgan fingerprint density at radius 1 is 1.05 bits per heavy atom. The minimum atomic E-state index is -5.18. The third kappa shape index (κ3) is 3.25. The molecule has 1 rings (SSSR count). The van der Waals surface area contributed by atoms with Crippen LogP contribution in [0, 0.1) is 0 Å². The Morgan fingerprint density at radius 3 is 1.89 bits per heavy atom. The van der Waals surface area contributed by atoms with Crippen LogP contribution in [0.25, 0.3) is 0 Å². The van der Waals surface area contributed by atoms with Gasteiger partial charge in [0.05, 0.1) is 11.1 Å². The van der Waals surface area contributed by atoms with Gasteiger partial charge in [0.2, 0.25) is 0 Å². The topological polar surface area (TPSA) is 34.1 Å². The van der Waals surface area contributed by atoms with Crippen LogP contribution in [-0.4, -0.2) is 11.5 Å². The number of benzene rings is 1. The molecule has 0 N–H and O–H groups in total. The molecule has 2 nitrogen and oxygen atoms in total. The zero-order valence-electron chi connectivity index (χ0n) is 8.69. The molecule has 19 heavy (non-hydrogen) atoms. The highest BCUT2D eigenvalue weighted by Gasteiger charge is 2.41. The van der Waals surface area contributed by atoms with E-state index >= 15 is 0 Å². The lowest BCUT2D eigenvalue weighted by Crippen LogP contribution is -2.17. The maximum absolute atomic E-state index is 12.6. The van der Waals surface area contributed by atoms with Crippen LogP contribution in [-0.2, 0) is 12.4 Å². The molecule has 0 aliphatic rings. The second-order valence-corrected chi connectivity index (χ2v) is 3.72. The fourth-order valence-electron chi connectivity index (χ4n) is 1.39. The first-order chi connectivity index (χ1) is 8.48. The van der Waals surface area contributed by atoms with E-state index in [-0.39, 0.29) is 12.1 Å². The van der Waals surface area contributed by atoms with Crippen LogP contribution in [0.3, 0.4) is 0 Å². The predicted molar refractivity (Wildman–Crippen MR) is 52.0 cm³/mol. The van der Waals surface area contributed by atoms with Gasteiger partial charge >= 0.3 is 12.4 Å². The summed E-state index contributed by atoms with van der Waals surface area (Å²) in [6, 6.07) is -0.0235. The molecule has 0 atom stereocenters. The molecular formula is C10H3ClF6O2. The van der Waals surface area contributed by atoms with Crippen molar-refractivity contribution in [3.63, 3.8) is 0 Å². The Hall–Kier alpha value is -1.57. The third-order valence-corrected chi connectivity index (χ3v) is 2.32. The van der Waals surface area contributed by atoms with Gasteiger partial charge in [-0.25, -0.2) is 0 Å². The highest BCUT2D eigenvalue weighted by atomic mass is 35.5. The zero-order valence-corrected chi connectivity index (χ0v) is 9.45. The van der Waals surface area contributed by atoms with Crippen molar-refractivity contribution in [3.05, 3.63) is 34.4 Å². The van der Waals surface area contributed by atoms with Gasteiger partial charge in [-0.15, -0.1) is 0 Å². The number of hydrogen-bond acceptors (Lipinski definition) is 2. The van der Waals surface area contributed by atoms with E-state index < -0.39 is 46.1 Å². The molecule has 0 bridgehead atoms. The van der Waals surface area contributed by atoms with Crippen LogP contribution in [0.1, 0.15) is 31.8 Å². The van der Waals surface area contributed by atoms with Crippen molar-refractivity contribution in [1.82, 2.24) is 0 Å². The van der Waals surface area contributed by atoms with E-state index in [1.165, 1.54) is 0 Å². The maximum atomic E-state index is 12.6. The molecular weight excluding hydrogens is 302 g/mol. The number of aldehydes is 1. The summed E-state index contributed by atoms with van der Waals surface area (Å²) in [5.74, 6) is 0. The van der Waals surface area contributed by atoms with Crippen molar-refractivity contribution in [2.75, 3.05) is 0 Å². The smallest absolute Gasteiger partial charge is 0.298 e. The van der Waals surface area contributed by atoms with E-state index in [0.29, 0.717) is 0 Å². The van der Waals surface area contributed by atoms with Gasteiger partial charge in [0.15, 0.2) is 6.29 Å². The predicted octanol–water partition coefficient (Wildman–Crippen LogP) is 3.92. The van der Waals surface area contributed by atoms with Crippen molar-refractivity contribution in [1.29, 1.82) is 0 Å². The van der Waals surface area contributed by atoms with Gasteiger partial charge in [0, 0.05) is 11.1 Å². The molecule has 0 spiro atoms. The Kier molecular flexibility index (Phi) is 3.94. The fourth-order valence-corrected chi connectivity index (χ4v) is 1.54. The molecule has 1 aromatic rings. The average Bonchev–Trinajstić information content (AvgIpc) is 2.24. The third-order valence-electron chi connectivity index (χ3n) is 2.12. The number of carbonyl (C=O) groups is 2. The lowest BCUT2D eigenvalue weighted by molar-refractivity contribution is -0.141. The van der Waals surface area contributed by atoms with Crippen LogP contribution in [0.2, 0.25) is 0 Å². The Labute approximate surface area is 107 Å². The van der Waals surface area contributed by atoms with Crippen LogP contribution < -0.4 is 0 Å². The van der Waals surface area contributed by atoms with E-state index in [2.05, 4.69) is 0 Å². The minimum absolute atomic E-state index is 0.0130.